The van der Waals surface area contributed by atoms with Gasteiger partial charge in [0.05, 0.1) is 28.9 Å². The first-order valence-electron chi connectivity index (χ1n) is 10.2. The summed E-state index contributed by atoms with van der Waals surface area (Å²) in [6.07, 6.45) is 1.87. The molecule has 2 aromatic carbocycles. The van der Waals surface area contributed by atoms with Crippen LogP contribution >= 0.6 is 0 Å². The Bertz CT molecular complexity index is 1080. The molecule has 1 saturated heterocycles. The fourth-order valence-corrected chi connectivity index (χ4v) is 4.43. The van der Waals surface area contributed by atoms with E-state index in [1.165, 1.54) is 36.3 Å². The second kappa shape index (κ2) is 9.38. The molecule has 0 aliphatic carbocycles. The van der Waals surface area contributed by atoms with Gasteiger partial charge in [0.2, 0.25) is 5.91 Å². The lowest BCUT2D eigenvalue weighted by molar-refractivity contribution is -0.117. The Labute approximate surface area is 182 Å². The van der Waals surface area contributed by atoms with Gasteiger partial charge in [0.1, 0.15) is 5.75 Å². The van der Waals surface area contributed by atoms with E-state index >= 15 is 0 Å². The highest BCUT2D eigenvalue weighted by Crippen LogP contribution is 2.34. The molecule has 3 rings (SSSR count). The molecular formula is C22H27N3O5S. The number of ether oxygens (including phenoxy) is 1. The number of hydrogen-bond acceptors (Lipinski definition) is 5. The summed E-state index contributed by atoms with van der Waals surface area (Å²) in [6.45, 7) is 4.33. The zero-order valence-corrected chi connectivity index (χ0v) is 18.7. The summed E-state index contributed by atoms with van der Waals surface area (Å²) in [4.78, 5) is 26.3. The first-order chi connectivity index (χ1) is 14.8. The van der Waals surface area contributed by atoms with E-state index < -0.39 is 10.0 Å². The highest BCUT2D eigenvalue weighted by atomic mass is 32.2. The summed E-state index contributed by atoms with van der Waals surface area (Å²) in [6, 6.07) is 10.7. The first kappa shape index (κ1) is 22.6. The Hall–Kier alpha value is -3.07. The molecular weight excluding hydrogens is 418 g/mol. The first-order valence-corrected chi connectivity index (χ1v) is 11.7. The van der Waals surface area contributed by atoms with Gasteiger partial charge in [-0.3, -0.25) is 14.3 Å². The van der Waals surface area contributed by atoms with Crippen LogP contribution in [0.4, 0.5) is 11.4 Å². The molecule has 2 aromatic rings. The normalized spacial score (nSPS) is 14.9. The maximum Gasteiger partial charge on any atom is 0.261 e. The van der Waals surface area contributed by atoms with Crippen LogP contribution in [0, 0.1) is 0 Å². The third-order valence-corrected chi connectivity index (χ3v) is 6.59. The Morgan fingerprint density at radius 3 is 2.61 bits per heavy atom. The van der Waals surface area contributed by atoms with Crippen molar-refractivity contribution >= 4 is 33.2 Å². The van der Waals surface area contributed by atoms with Gasteiger partial charge in [0, 0.05) is 19.0 Å². The van der Waals surface area contributed by atoms with Crippen LogP contribution < -0.4 is 19.7 Å². The van der Waals surface area contributed by atoms with Crippen LogP contribution in [-0.4, -0.2) is 39.9 Å². The fourth-order valence-electron chi connectivity index (χ4n) is 3.33. The summed E-state index contributed by atoms with van der Waals surface area (Å²) < 4.78 is 34.1. The monoisotopic (exact) mass is 445 g/mol. The molecule has 0 bridgehead atoms. The SMILES string of the molecule is CC[C@@H](C)NC(=O)c1ccccc1NS(=O)(=O)c1ccc(OC)c(N2CCCC2=O)c1. The van der Waals surface area contributed by atoms with Crippen LogP contribution in [0.5, 0.6) is 5.75 Å². The molecule has 166 valence electrons. The van der Waals surface area contributed by atoms with Crippen molar-refractivity contribution in [2.75, 3.05) is 23.3 Å². The van der Waals surface area contributed by atoms with E-state index in [0.29, 0.717) is 30.8 Å². The molecule has 31 heavy (non-hydrogen) atoms. The zero-order valence-electron chi connectivity index (χ0n) is 17.8. The number of carbonyl (C=O) groups is 2. The van der Waals surface area contributed by atoms with Crippen molar-refractivity contribution < 1.29 is 22.7 Å². The van der Waals surface area contributed by atoms with Crippen LogP contribution in [0.1, 0.15) is 43.5 Å². The summed E-state index contributed by atoms with van der Waals surface area (Å²) >= 11 is 0. The van der Waals surface area contributed by atoms with Crippen molar-refractivity contribution in [3.05, 3.63) is 48.0 Å². The van der Waals surface area contributed by atoms with Crippen molar-refractivity contribution in [2.45, 2.75) is 44.0 Å². The van der Waals surface area contributed by atoms with Gasteiger partial charge in [-0.2, -0.15) is 0 Å². The van der Waals surface area contributed by atoms with E-state index in [-0.39, 0.29) is 34.0 Å². The van der Waals surface area contributed by atoms with Crippen molar-refractivity contribution in [3.8, 4) is 5.75 Å². The van der Waals surface area contributed by atoms with E-state index in [1.807, 2.05) is 13.8 Å². The Morgan fingerprint density at radius 2 is 1.97 bits per heavy atom. The lowest BCUT2D eigenvalue weighted by Gasteiger charge is -2.20. The minimum absolute atomic E-state index is 0.0277. The minimum Gasteiger partial charge on any atom is -0.495 e. The molecule has 1 aliphatic heterocycles. The molecule has 8 nitrogen and oxygen atoms in total. The highest BCUT2D eigenvalue weighted by molar-refractivity contribution is 7.92. The molecule has 1 heterocycles. The number of hydrogen-bond donors (Lipinski definition) is 2. The number of nitrogens with zero attached hydrogens (tertiary/aromatic N) is 1. The summed E-state index contributed by atoms with van der Waals surface area (Å²) in [5, 5.41) is 2.84. The van der Waals surface area contributed by atoms with Crippen LogP contribution in [0.2, 0.25) is 0 Å². The Morgan fingerprint density at radius 1 is 1.23 bits per heavy atom. The molecule has 0 radical (unpaired) electrons. The lowest BCUT2D eigenvalue weighted by atomic mass is 10.1. The number of anilines is 2. The second-order valence-electron chi connectivity index (χ2n) is 7.42. The second-order valence-corrected chi connectivity index (χ2v) is 9.10. The molecule has 2 amide bonds. The van der Waals surface area contributed by atoms with E-state index in [0.717, 1.165) is 6.42 Å². The van der Waals surface area contributed by atoms with Gasteiger partial charge in [-0.05, 0) is 50.1 Å². The van der Waals surface area contributed by atoms with E-state index in [4.69, 9.17) is 4.74 Å². The smallest absolute Gasteiger partial charge is 0.261 e. The maximum atomic E-state index is 13.1. The molecule has 9 heteroatoms. The van der Waals surface area contributed by atoms with E-state index in [9.17, 15) is 18.0 Å². The molecule has 1 aliphatic rings. The van der Waals surface area contributed by atoms with E-state index in [2.05, 4.69) is 10.0 Å². The average molecular weight is 446 g/mol. The molecule has 0 saturated carbocycles. The van der Waals surface area contributed by atoms with Crippen LogP contribution in [0.3, 0.4) is 0 Å². The van der Waals surface area contributed by atoms with Crippen molar-refractivity contribution in [2.24, 2.45) is 0 Å². The fraction of sp³-hybridized carbons (Fsp3) is 0.364. The Balaban J connectivity index is 1.93. The molecule has 1 fully saturated rings. The largest absolute Gasteiger partial charge is 0.495 e. The highest BCUT2D eigenvalue weighted by Gasteiger charge is 2.27. The van der Waals surface area contributed by atoms with Gasteiger partial charge in [-0.1, -0.05) is 19.1 Å². The van der Waals surface area contributed by atoms with Crippen LogP contribution in [0.25, 0.3) is 0 Å². The molecule has 2 N–H and O–H groups in total. The maximum absolute atomic E-state index is 13.1. The third-order valence-electron chi connectivity index (χ3n) is 5.23. The van der Waals surface area contributed by atoms with Gasteiger partial charge < -0.3 is 15.0 Å². The van der Waals surface area contributed by atoms with Gasteiger partial charge in [0.15, 0.2) is 0 Å². The summed E-state index contributed by atoms with van der Waals surface area (Å²) in [5.74, 6) is -0.0128. The number of carbonyl (C=O) groups excluding carboxylic acids is 2. The van der Waals surface area contributed by atoms with E-state index in [1.54, 1.807) is 18.2 Å². The third kappa shape index (κ3) is 4.99. The zero-order chi connectivity index (χ0) is 22.6. The number of benzene rings is 2. The predicted octanol–water partition coefficient (Wildman–Crippen LogP) is 3.15. The number of nitrogens with one attached hydrogen (secondary N) is 2. The lowest BCUT2D eigenvalue weighted by Crippen LogP contribution is -2.32. The van der Waals surface area contributed by atoms with Crippen molar-refractivity contribution in [3.63, 3.8) is 0 Å². The van der Waals surface area contributed by atoms with Gasteiger partial charge in [-0.25, -0.2) is 8.42 Å². The molecule has 0 spiro atoms. The van der Waals surface area contributed by atoms with Crippen molar-refractivity contribution in [1.29, 1.82) is 0 Å². The number of para-hydroxylation sites is 1. The predicted molar refractivity (Wildman–Crippen MR) is 119 cm³/mol. The standard InChI is InChI=1S/C22H27N3O5S/c1-4-15(2)23-22(27)17-8-5-6-9-18(17)24-31(28,29)16-11-12-20(30-3)19(14-16)25-13-7-10-21(25)26/h5-6,8-9,11-12,14-15,24H,4,7,10,13H2,1-3H3,(H,23,27)/t15-/m1/s1. The minimum atomic E-state index is -4.02. The summed E-state index contributed by atoms with van der Waals surface area (Å²) in [5.41, 5.74) is 0.823. The topological polar surface area (TPSA) is 105 Å². The molecule has 0 unspecified atom stereocenters. The van der Waals surface area contributed by atoms with Crippen LogP contribution in [0.15, 0.2) is 47.4 Å². The number of amides is 2. The van der Waals surface area contributed by atoms with Crippen LogP contribution in [-0.2, 0) is 14.8 Å². The number of rotatable bonds is 8. The number of methoxy groups -OCH3 is 1. The summed E-state index contributed by atoms with van der Waals surface area (Å²) in [7, 11) is -2.55. The van der Waals surface area contributed by atoms with Gasteiger partial charge in [0.25, 0.3) is 15.9 Å². The molecule has 1 atom stereocenters. The molecule has 0 aromatic heterocycles. The average Bonchev–Trinajstić information content (AvgIpc) is 3.18. The Kier molecular flexibility index (Phi) is 6.84. The van der Waals surface area contributed by atoms with Crippen molar-refractivity contribution in [1.82, 2.24) is 5.32 Å². The number of sulfonamides is 1. The quantitative estimate of drug-likeness (QED) is 0.649. The van der Waals surface area contributed by atoms with Gasteiger partial charge >= 0.3 is 0 Å². The van der Waals surface area contributed by atoms with Gasteiger partial charge in [-0.15, -0.1) is 0 Å².